The summed E-state index contributed by atoms with van der Waals surface area (Å²) < 4.78 is 10.1. The highest BCUT2D eigenvalue weighted by molar-refractivity contribution is 6.34. The van der Waals surface area contributed by atoms with Crippen LogP contribution in [0.1, 0.15) is 16.8 Å². The van der Waals surface area contributed by atoms with Crippen LogP contribution < -0.4 is 5.32 Å². The minimum absolute atomic E-state index is 0.0262. The summed E-state index contributed by atoms with van der Waals surface area (Å²) in [4.78, 5) is 11.8. The van der Waals surface area contributed by atoms with Crippen molar-refractivity contribution in [3.05, 3.63) is 21.9 Å². The van der Waals surface area contributed by atoms with Gasteiger partial charge in [0, 0.05) is 20.3 Å². The van der Waals surface area contributed by atoms with Crippen molar-refractivity contribution in [1.29, 1.82) is 0 Å². The topological polar surface area (TPSA) is 73.3 Å². The van der Waals surface area contributed by atoms with Gasteiger partial charge in [-0.3, -0.25) is 4.79 Å². The third-order valence-corrected chi connectivity index (χ3v) is 2.61. The molecule has 0 spiro atoms. The van der Waals surface area contributed by atoms with E-state index in [1.165, 1.54) is 6.07 Å². The fraction of sp³-hybridized carbons (Fsp3) is 0.545. The first-order valence-corrected chi connectivity index (χ1v) is 6.44. The number of nitrogens with zero attached hydrogens (tertiary/aromatic N) is 2. The van der Waals surface area contributed by atoms with E-state index in [-0.39, 0.29) is 21.8 Å². The minimum Gasteiger partial charge on any atom is -0.382 e. The second kappa shape index (κ2) is 9.03. The fourth-order valence-corrected chi connectivity index (χ4v) is 1.55. The van der Waals surface area contributed by atoms with Gasteiger partial charge in [0.15, 0.2) is 10.3 Å². The Morgan fingerprint density at radius 2 is 2.11 bits per heavy atom. The molecule has 106 valence electrons. The Morgan fingerprint density at radius 3 is 2.84 bits per heavy atom. The lowest BCUT2D eigenvalue weighted by Gasteiger charge is -2.06. The number of nitrogens with one attached hydrogen (secondary N) is 1. The number of halogens is 2. The Balaban J connectivity index is 2.26. The number of hydrogen-bond donors (Lipinski definition) is 1. The Morgan fingerprint density at radius 1 is 1.32 bits per heavy atom. The van der Waals surface area contributed by atoms with Crippen molar-refractivity contribution in [2.45, 2.75) is 6.42 Å². The van der Waals surface area contributed by atoms with Crippen LogP contribution in [0, 0.1) is 0 Å². The molecule has 1 amide bonds. The predicted octanol–water partition coefficient (Wildman–Crippen LogP) is 1.57. The van der Waals surface area contributed by atoms with Crippen molar-refractivity contribution in [3.63, 3.8) is 0 Å². The van der Waals surface area contributed by atoms with Crippen molar-refractivity contribution in [1.82, 2.24) is 15.5 Å². The Kier molecular flexibility index (Phi) is 7.66. The highest BCUT2D eigenvalue weighted by atomic mass is 35.5. The van der Waals surface area contributed by atoms with Gasteiger partial charge in [0.2, 0.25) is 0 Å². The lowest BCUT2D eigenvalue weighted by atomic mass is 10.3. The Bertz CT molecular complexity index is 418. The van der Waals surface area contributed by atoms with E-state index in [9.17, 15) is 4.79 Å². The maximum Gasteiger partial charge on any atom is 0.254 e. The van der Waals surface area contributed by atoms with Crippen LogP contribution in [0.5, 0.6) is 0 Å². The molecule has 1 heterocycles. The van der Waals surface area contributed by atoms with E-state index in [0.29, 0.717) is 32.8 Å². The van der Waals surface area contributed by atoms with E-state index in [1.54, 1.807) is 7.11 Å². The molecule has 1 N–H and O–H groups in total. The van der Waals surface area contributed by atoms with Gasteiger partial charge in [-0.1, -0.05) is 23.2 Å². The third-order valence-electron chi connectivity index (χ3n) is 2.15. The lowest BCUT2D eigenvalue weighted by Crippen LogP contribution is -2.26. The highest BCUT2D eigenvalue weighted by Gasteiger charge is 2.12. The zero-order valence-electron chi connectivity index (χ0n) is 10.5. The summed E-state index contributed by atoms with van der Waals surface area (Å²) in [7, 11) is 1.61. The summed E-state index contributed by atoms with van der Waals surface area (Å²) in [5.41, 5.74) is 0.210. The molecule has 0 bridgehead atoms. The van der Waals surface area contributed by atoms with E-state index >= 15 is 0 Å². The first-order valence-electron chi connectivity index (χ1n) is 5.68. The molecule has 0 aliphatic carbocycles. The van der Waals surface area contributed by atoms with Crippen LogP contribution in [0.3, 0.4) is 0 Å². The van der Waals surface area contributed by atoms with E-state index in [0.717, 1.165) is 0 Å². The summed E-state index contributed by atoms with van der Waals surface area (Å²) in [6.45, 7) is 2.12. The van der Waals surface area contributed by atoms with Gasteiger partial charge < -0.3 is 14.8 Å². The predicted molar refractivity (Wildman–Crippen MR) is 71.7 cm³/mol. The van der Waals surface area contributed by atoms with Gasteiger partial charge in [0.1, 0.15) is 0 Å². The van der Waals surface area contributed by atoms with Crippen LogP contribution in [0.2, 0.25) is 10.3 Å². The number of amides is 1. The SMILES string of the molecule is COCCOCCCNC(=O)c1cc(Cl)nnc1Cl. The van der Waals surface area contributed by atoms with Crippen LogP contribution in [-0.2, 0) is 9.47 Å². The smallest absolute Gasteiger partial charge is 0.254 e. The van der Waals surface area contributed by atoms with E-state index in [2.05, 4.69) is 15.5 Å². The molecule has 19 heavy (non-hydrogen) atoms. The average Bonchev–Trinajstić information content (AvgIpc) is 2.40. The number of rotatable bonds is 8. The fourth-order valence-electron chi connectivity index (χ4n) is 1.23. The van der Waals surface area contributed by atoms with Crippen molar-refractivity contribution < 1.29 is 14.3 Å². The van der Waals surface area contributed by atoms with Gasteiger partial charge in [0.25, 0.3) is 5.91 Å². The molecule has 1 aromatic rings. The molecule has 0 unspecified atom stereocenters. The molecule has 0 aromatic carbocycles. The van der Waals surface area contributed by atoms with Crippen LogP contribution in [0.25, 0.3) is 0 Å². The molecular weight excluding hydrogens is 293 g/mol. The van der Waals surface area contributed by atoms with E-state index in [4.69, 9.17) is 32.7 Å². The molecule has 8 heteroatoms. The second-order valence-electron chi connectivity index (χ2n) is 3.59. The van der Waals surface area contributed by atoms with Crippen LogP contribution in [-0.4, -0.2) is 49.6 Å². The van der Waals surface area contributed by atoms with E-state index < -0.39 is 0 Å². The summed E-state index contributed by atoms with van der Waals surface area (Å²) in [6, 6.07) is 1.38. The normalized spacial score (nSPS) is 10.5. The Labute approximate surface area is 121 Å². The molecular formula is C11H15Cl2N3O3. The molecule has 0 saturated carbocycles. The van der Waals surface area contributed by atoms with Crippen LogP contribution >= 0.6 is 23.2 Å². The zero-order valence-corrected chi connectivity index (χ0v) is 12.0. The second-order valence-corrected chi connectivity index (χ2v) is 4.33. The molecule has 0 aliphatic rings. The molecule has 1 rings (SSSR count). The van der Waals surface area contributed by atoms with Gasteiger partial charge in [-0.05, 0) is 12.5 Å². The maximum atomic E-state index is 11.8. The monoisotopic (exact) mass is 307 g/mol. The number of hydrogen-bond acceptors (Lipinski definition) is 5. The van der Waals surface area contributed by atoms with Crippen molar-refractivity contribution in [2.75, 3.05) is 33.5 Å². The van der Waals surface area contributed by atoms with Gasteiger partial charge in [0.05, 0.1) is 18.8 Å². The summed E-state index contributed by atoms with van der Waals surface area (Å²) in [5.74, 6) is -0.335. The van der Waals surface area contributed by atoms with Gasteiger partial charge in [-0.25, -0.2) is 0 Å². The minimum atomic E-state index is -0.335. The molecule has 0 fully saturated rings. The zero-order chi connectivity index (χ0) is 14.1. The molecule has 0 atom stereocenters. The largest absolute Gasteiger partial charge is 0.382 e. The molecule has 0 aliphatic heterocycles. The lowest BCUT2D eigenvalue weighted by molar-refractivity contribution is 0.0688. The van der Waals surface area contributed by atoms with Gasteiger partial charge in [-0.2, -0.15) is 0 Å². The number of carbonyl (C=O) groups excluding carboxylic acids is 1. The van der Waals surface area contributed by atoms with Gasteiger partial charge >= 0.3 is 0 Å². The van der Waals surface area contributed by atoms with Crippen LogP contribution in [0.4, 0.5) is 0 Å². The highest BCUT2D eigenvalue weighted by Crippen LogP contribution is 2.14. The quantitative estimate of drug-likeness (QED) is 0.738. The van der Waals surface area contributed by atoms with E-state index in [1.807, 2.05) is 0 Å². The third kappa shape index (κ3) is 6.15. The number of aromatic nitrogens is 2. The summed E-state index contributed by atoms with van der Waals surface area (Å²) in [5, 5.41) is 9.94. The molecule has 6 nitrogen and oxygen atoms in total. The molecule has 1 aromatic heterocycles. The number of ether oxygens (including phenoxy) is 2. The molecule has 0 saturated heterocycles. The molecule has 0 radical (unpaired) electrons. The summed E-state index contributed by atoms with van der Waals surface area (Å²) >= 11 is 11.4. The van der Waals surface area contributed by atoms with Crippen LogP contribution in [0.15, 0.2) is 6.07 Å². The summed E-state index contributed by atoms with van der Waals surface area (Å²) in [6.07, 6.45) is 0.694. The first-order chi connectivity index (χ1) is 9.15. The van der Waals surface area contributed by atoms with Gasteiger partial charge in [-0.15, -0.1) is 10.2 Å². The standard InChI is InChI=1S/C11H15Cl2N3O3/c1-18-5-6-19-4-2-3-14-11(17)8-7-9(12)15-16-10(8)13/h7H,2-6H2,1H3,(H,14,17). The first kappa shape index (κ1) is 16.1. The average molecular weight is 308 g/mol. The van der Waals surface area contributed by atoms with Crippen molar-refractivity contribution in [2.24, 2.45) is 0 Å². The Hall–Kier alpha value is -0.950. The number of carbonyl (C=O) groups is 1. The van der Waals surface area contributed by atoms with Crippen molar-refractivity contribution >= 4 is 29.1 Å². The van der Waals surface area contributed by atoms with Crippen molar-refractivity contribution in [3.8, 4) is 0 Å². The number of methoxy groups -OCH3 is 1. The maximum absolute atomic E-state index is 11.8.